The molecule has 2 heterocycles. The lowest BCUT2D eigenvalue weighted by molar-refractivity contribution is 0.0224. The highest BCUT2D eigenvalue weighted by Gasteiger charge is 2.53. The van der Waals surface area contributed by atoms with Crippen LogP contribution in [0.15, 0.2) is 60.7 Å². The number of ether oxygens (including phenoxy) is 2. The van der Waals surface area contributed by atoms with Crippen molar-refractivity contribution in [2.45, 2.75) is 5.60 Å². The fourth-order valence-corrected chi connectivity index (χ4v) is 3.96. The fourth-order valence-electron chi connectivity index (χ4n) is 3.96. The second-order valence-electron chi connectivity index (χ2n) is 7.05. The van der Waals surface area contributed by atoms with Gasteiger partial charge in [-0.1, -0.05) is 18.2 Å². The van der Waals surface area contributed by atoms with E-state index in [0.29, 0.717) is 22.7 Å². The number of benzene rings is 3. The Hall–Kier alpha value is -3.47. The van der Waals surface area contributed by atoms with Crippen LogP contribution >= 0.6 is 0 Å². The predicted octanol–water partition coefficient (Wildman–Crippen LogP) is 3.90. The Kier molecular flexibility index (Phi) is 3.07. The van der Waals surface area contributed by atoms with Gasteiger partial charge in [-0.05, 0) is 30.3 Å². The third kappa shape index (κ3) is 2.02. The van der Waals surface area contributed by atoms with E-state index in [1.54, 1.807) is 18.2 Å². The number of fused-ring (bicyclic) bond motifs is 6. The normalized spacial score (nSPS) is 19.0. The number of nitrogen functional groups attached to an aromatic ring is 1. The molecule has 0 fully saturated rings. The van der Waals surface area contributed by atoms with Crippen LogP contribution in [0.3, 0.4) is 0 Å². The summed E-state index contributed by atoms with van der Waals surface area (Å²) in [6.45, 7) is 0. The smallest absolute Gasteiger partial charge is 0.340 e. The van der Waals surface area contributed by atoms with E-state index in [4.69, 9.17) is 15.2 Å². The Balaban J connectivity index is 1.86. The Labute approximate surface area is 156 Å². The monoisotopic (exact) mass is 358 g/mol. The van der Waals surface area contributed by atoms with E-state index in [9.17, 15) is 4.79 Å². The van der Waals surface area contributed by atoms with Crippen molar-refractivity contribution < 1.29 is 14.3 Å². The number of hydrogen-bond acceptors (Lipinski definition) is 5. The van der Waals surface area contributed by atoms with Gasteiger partial charge in [0.05, 0.1) is 5.56 Å². The van der Waals surface area contributed by atoms with Gasteiger partial charge in [0, 0.05) is 54.3 Å². The lowest BCUT2D eigenvalue weighted by Crippen LogP contribution is -2.33. The molecule has 0 bridgehead atoms. The van der Waals surface area contributed by atoms with Gasteiger partial charge < -0.3 is 20.1 Å². The third-order valence-electron chi connectivity index (χ3n) is 5.24. The van der Waals surface area contributed by atoms with E-state index < -0.39 is 5.60 Å². The van der Waals surface area contributed by atoms with E-state index in [1.165, 1.54) is 0 Å². The molecule has 27 heavy (non-hydrogen) atoms. The predicted molar refractivity (Wildman–Crippen MR) is 103 cm³/mol. The zero-order valence-electron chi connectivity index (χ0n) is 15.0. The maximum absolute atomic E-state index is 12.7. The molecule has 134 valence electrons. The molecule has 2 aliphatic rings. The van der Waals surface area contributed by atoms with Crippen molar-refractivity contribution in [3.8, 4) is 11.5 Å². The topological polar surface area (TPSA) is 64.8 Å². The molecule has 5 rings (SSSR count). The summed E-state index contributed by atoms with van der Waals surface area (Å²) >= 11 is 0. The number of anilines is 2. The Bertz CT molecular complexity index is 1110. The molecule has 2 N–H and O–H groups in total. The van der Waals surface area contributed by atoms with Gasteiger partial charge in [0.15, 0.2) is 5.60 Å². The van der Waals surface area contributed by atoms with Crippen molar-refractivity contribution in [2.75, 3.05) is 24.7 Å². The Morgan fingerprint density at radius 3 is 2.37 bits per heavy atom. The van der Waals surface area contributed by atoms with Gasteiger partial charge in [0.2, 0.25) is 0 Å². The first kappa shape index (κ1) is 15.8. The molecule has 0 saturated heterocycles. The molecule has 3 aromatic rings. The van der Waals surface area contributed by atoms with E-state index >= 15 is 0 Å². The summed E-state index contributed by atoms with van der Waals surface area (Å²) < 4.78 is 12.3. The molecule has 0 aromatic heterocycles. The van der Waals surface area contributed by atoms with Crippen LogP contribution in [-0.2, 0) is 10.3 Å². The Morgan fingerprint density at radius 1 is 0.889 bits per heavy atom. The van der Waals surface area contributed by atoms with E-state index in [0.717, 1.165) is 22.4 Å². The van der Waals surface area contributed by atoms with E-state index in [-0.39, 0.29) is 5.97 Å². The standard InChI is InChI=1S/C22H18N2O3/c1-24(2)14-8-10-18-20(12-14)26-19-11-13(23)7-9-17(19)22(18)16-6-4-3-5-15(16)21(25)27-22/h3-12H,23H2,1-2H3. The van der Waals surface area contributed by atoms with Gasteiger partial charge in [-0.25, -0.2) is 4.79 Å². The van der Waals surface area contributed by atoms with Gasteiger partial charge in [0.25, 0.3) is 0 Å². The summed E-state index contributed by atoms with van der Waals surface area (Å²) in [7, 11) is 3.94. The average Bonchev–Trinajstić information content (AvgIpc) is 2.95. The van der Waals surface area contributed by atoms with Crippen LogP contribution in [0, 0.1) is 0 Å². The largest absolute Gasteiger partial charge is 0.456 e. The van der Waals surface area contributed by atoms with Crippen molar-refractivity contribution in [1.82, 2.24) is 0 Å². The van der Waals surface area contributed by atoms with Crippen LogP contribution in [0.1, 0.15) is 27.0 Å². The summed E-state index contributed by atoms with van der Waals surface area (Å²) in [4.78, 5) is 14.7. The molecule has 1 spiro atoms. The van der Waals surface area contributed by atoms with Crippen LogP contribution in [0.5, 0.6) is 11.5 Å². The molecule has 1 atom stereocenters. The van der Waals surface area contributed by atoms with Gasteiger partial charge in [-0.3, -0.25) is 0 Å². The molecular formula is C22H18N2O3. The zero-order chi connectivity index (χ0) is 18.8. The molecule has 0 saturated carbocycles. The zero-order valence-corrected chi connectivity index (χ0v) is 15.0. The average molecular weight is 358 g/mol. The van der Waals surface area contributed by atoms with E-state index in [2.05, 4.69) is 0 Å². The maximum atomic E-state index is 12.7. The molecule has 0 aliphatic carbocycles. The molecular weight excluding hydrogens is 340 g/mol. The number of carbonyl (C=O) groups is 1. The minimum absolute atomic E-state index is 0.335. The SMILES string of the molecule is CN(C)c1ccc2c(c1)Oc1cc(N)ccc1C21OC(=O)c2ccccc21. The summed E-state index contributed by atoms with van der Waals surface area (Å²) in [5.41, 5.74) is 9.53. The molecule has 5 heteroatoms. The summed E-state index contributed by atoms with van der Waals surface area (Å²) in [5.74, 6) is 0.921. The molecule has 1 unspecified atom stereocenters. The second-order valence-corrected chi connectivity index (χ2v) is 7.05. The highest BCUT2D eigenvalue weighted by atomic mass is 16.6. The van der Waals surface area contributed by atoms with Crippen molar-refractivity contribution in [1.29, 1.82) is 0 Å². The second kappa shape index (κ2) is 5.27. The third-order valence-corrected chi connectivity index (χ3v) is 5.24. The highest BCUT2D eigenvalue weighted by Crippen LogP contribution is 2.56. The summed E-state index contributed by atoms with van der Waals surface area (Å²) in [6.07, 6.45) is 0. The van der Waals surface area contributed by atoms with Crippen LogP contribution in [-0.4, -0.2) is 20.1 Å². The molecule has 5 nitrogen and oxygen atoms in total. The van der Waals surface area contributed by atoms with Crippen molar-refractivity contribution in [3.63, 3.8) is 0 Å². The van der Waals surface area contributed by atoms with E-state index in [1.807, 2.05) is 61.5 Å². The van der Waals surface area contributed by atoms with Crippen molar-refractivity contribution in [2.24, 2.45) is 0 Å². The van der Waals surface area contributed by atoms with Gasteiger partial charge in [-0.2, -0.15) is 0 Å². The van der Waals surface area contributed by atoms with Crippen LogP contribution in [0.4, 0.5) is 11.4 Å². The number of hydrogen-bond donors (Lipinski definition) is 1. The first-order valence-electron chi connectivity index (χ1n) is 8.73. The van der Waals surface area contributed by atoms with Gasteiger partial charge in [-0.15, -0.1) is 0 Å². The minimum atomic E-state index is -1.03. The number of nitrogens with zero attached hydrogens (tertiary/aromatic N) is 1. The minimum Gasteiger partial charge on any atom is -0.456 e. The quantitative estimate of drug-likeness (QED) is 0.528. The van der Waals surface area contributed by atoms with Crippen LogP contribution in [0.25, 0.3) is 0 Å². The summed E-state index contributed by atoms with van der Waals surface area (Å²) in [5, 5.41) is 0. The first-order chi connectivity index (χ1) is 13.0. The Morgan fingerprint density at radius 2 is 1.59 bits per heavy atom. The van der Waals surface area contributed by atoms with Crippen LogP contribution < -0.4 is 15.4 Å². The summed E-state index contributed by atoms with van der Waals surface area (Å²) in [6, 6.07) is 18.9. The number of carbonyl (C=O) groups excluding carboxylic acids is 1. The maximum Gasteiger partial charge on any atom is 0.340 e. The molecule has 0 radical (unpaired) electrons. The number of nitrogens with two attached hydrogens (primary N) is 1. The van der Waals surface area contributed by atoms with Crippen LogP contribution in [0.2, 0.25) is 0 Å². The molecule has 2 aliphatic heterocycles. The molecule has 0 amide bonds. The fraction of sp³-hybridized carbons (Fsp3) is 0.136. The van der Waals surface area contributed by atoms with Crippen molar-refractivity contribution >= 4 is 17.3 Å². The van der Waals surface area contributed by atoms with Gasteiger partial charge in [0.1, 0.15) is 11.5 Å². The first-order valence-corrected chi connectivity index (χ1v) is 8.73. The molecule has 3 aromatic carbocycles. The lowest BCUT2D eigenvalue weighted by atomic mass is 9.77. The lowest BCUT2D eigenvalue weighted by Gasteiger charge is -2.37. The van der Waals surface area contributed by atoms with Crippen molar-refractivity contribution in [3.05, 3.63) is 82.9 Å². The number of esters is 1. The number of rotatable bonds is 1. The highest BCUT2D eigenvalue weighted by molar-refractivity contribution is 5.97. The van der Waals surface area contributed by atoms with Gasteiger partial charge >= 0.3 is 5.97 Å².